The number of hydrogen-bond acceptors (Lipinski definition) is 3. The van der Waals surface area contributed by atoms with Gasteiger partial charge in [-0.1, -0.05) is 13.8 Å². The van der Waals surface area contributed by atoms with E-state index in [1.54, 1.807) is 6.07 Å². The lowest BCUT2D eigenvalue weighted by Gasteiger charge is -2.05. The Morgan fingerprint density at radius 3 is 2.56 bits per heavy atom. The molecule has 4 heteroatoms. The van der Waals surface area contributed by atoms with E-state index >= 15 is 0 Å². The maximum absolute atomic E-state index is 12.7. The zero-order chi connectivity index (χ0) is 11.5. The van der Waals surface area contributed by atoms with Crippen molar-refractivity contribution in [3.63, 3.8) is 0 Å². The van der Waals surface area contributed by atoms with Crippen LogP contribution in [0.1, 0.15) is 25.5 Å². The Bertz CT molecular complexity index is 480. The maximum atomic E-state index is 12.7. The highest BCUT2D eigenvalue weighted by molar-refractivity contribution is 5.57. The average molecular weight is 217 g/mol. The highest BCUT2D eigenvalue weighted by Crippen LogP contribution is 2.19. The molecule has 3 nitrogen and oxygen atoms in total. The molecule has 0 atom stereocenters. The molecule has 0 aliphatic heterocycles. The quantitative estimate of drug-likeness (QED) is 0.726. The molecule has 0 radical (unpaired) electrons. The Labute approximate surface area is 93.4 Å². The molecule has 0 amide bonds. The van der Waals surface area contributed by atoms with Crippen LogP contribution in [0.2, 0.25) is 0 Å². The second kappa shape index (κ2) is 4.35. The zero-order valence-electron chi connectivity index (χ0n) is 9.18. The van der Waals surface area contributed by atoms with Crippen molar-refractivity contribution < 1.29 is 4.39 Å². The summed E-state index contributed by atoms with van der Waals surface area (Å²) >= 11 is 0. The predicted octanol–water partition coefficient (Wildman–Crippen LogP) is 2.80. The average Bonchev–Trinajstić information content (AvgIpc) is 2.30. The van der Waals surface area contributed by atoms with Gasteiger partial charge in [0.2, 0.25) is 5.95 Å². The second-order valence-corrected chi connectivity index (χ2v) is 3.85. The van der Waals surface area contributed by atoms with Crippen LogP contribution in [-0.4, -0.2) is 15.0 Å². The van der Waals surface area contributed by atoms with Crippen LogP contribution in [0.4, 0.5) is 4.39 Å². The molecule has 0 bridgehead atoms. The fraction of sp³-hybridized carbons (Fsp3) is 0.250. The van der Waals surface area contributed by atoms with E-state index < -0.39 is 5.95 Å². The van der Waals surface area contributed by atoms with E-state index in [-0.39, 0.29) is 0 Å². The van der Waals surface area contributed by atoms with Crippen molar-refractivity contribution in [3.05, 3.63) is 42.4 Å². The van der Waals surface area contributed by atoms with Gasteiger partial charge in [-0.15, -0.1) is 0 Å². The summed E-state index contributed by atoms with van der Waals surface area (Å²) in [5, 5.41) is 0. The minimum absolute atomic E-state index is 0.343. The first-order valence-electron chi connectivity index (χ1n) is 5.10. The van der Waals surface area contributed by atoms with Gasteiger partial charge in [0.05, 0.1) is 5.69 Å². The summed E-state index contributed by atoms with van der Waals surface area (Å²) in [6, 6.07) is 4.89. The van der Waals surface area contributed by atoms with Crippen molar-refractivity contribution in [3.8, 4) is 11.3 Å². The first-order chi connectivity index (χ1) is 7.66. The van der Waals surface area contributed by atoms with Crippen LogP contribution in [0.5, 0.6) is 0 Å². The van der Waals surface area contributed by atoms with E-state index in [1.807, 2.05) is 6.07 Å². The van der Waals surface area contributed by atoms with E-state index in [9.17, 15) is 4.39 Å². The van der Waals surface area contributed by atoms with Crippen molar-refractivity contribution in [2.75, 3.05) is 0 Å². The van der Waals surface area contributed by atoms with Crippen molar-refractivity contribution >= 4 is 0 Å². The molecule has 0 spiro atoms. The SMILES string of the molecule is CC(C)c1cc(-c2ccc(F)nc2)ncn1. The minimum atomic E-state index is -0.484. The van der Waals surface area contributed by atoms with E-state index in [0.717, 1.165) is 17.0 Å². The Hall–Kier alpha value is -1.84. The second-order valence-electron chi connectivity index (χ2n) is 3.85. The molecule has 2 aromatic rings. The minimum Gasteiger partial charge on any atom is -0.241 e. The van der Waals surface area contributed by atoms with Gasteiger partial charge in [0.15, 0.2) is 0 Å². The normalized spacial score (nSPS) is 10.8. The lowest BCUT2D eigenvalue weighted by Crippen LogP contribution is -1.95. The van der Waals surface area contributed by atoms with Crippen molar-refractivity contribution in [2.24, 2.45) is 0 Å². The Kier molecular flexibility index (Phi) is 2.90. The highest BCUT2D eigenvalue weighted by Gasteiger charge is 2.05. The number of nitrogens with zero attached hydrogens (tertiary/aromatic N) is 3. The molecular weight excluding hydrogens is 205 g/mol. The van der Waals surface area contributed by atoms with Crippen LogP contribution in [0.25, 0.3) is 11.3 Å². The maximum Gasteiger partial charge on any atom is 0.212 e. The first kappa shape index (κ1) is 10.7. The number of rotatable bonds is 2. The van der Waals surface area contributed by atoms with Crippen LogP contribution in [0.15, 0.2) is 30.7 Å². The first-order valence-corrected chi connectivity index (χ1v) is 5.10. The van der Waals surface area contributed by atoms with Gasteiger partial charge in [0.1, 0.15) is 6.33 Å². The zero-order valence-corrected chi connectivity index (χ0v) is 9.18. The Morgan fingerprint density at radius 1 is 1.12 bits per heavy atom. The molecular formula is C12H12FN3. The van der Waals surface area contributed by atoms with E-state index in [2.05, 4.69) is 28.8 Å². The molecule has 16 heavy (non-hydrogen) atoms. The third-order valence-electron chi connectivity index (χ3n) is 2.30. The van der Waals surface area contributed by atoms with Gasteiger partial charge in [-0.25, -0.2) is 15.0 Å². The van der Waals surface area contributed by atoms with Crippen LogP contribution in [-0.2, 0) is 0 Å². The molecule has 0 aliphatic carbocycles. The molecule has 0 fully saturated rings. The topological polar surface area (TPSA) is 38.7 Å². The predicted molar refractivity (Wildman–Crippen MR) is 59.3 cm³/mol. The van der Waals surface area contributed by atoms with Gasteiger partial charge in [0, 0.05) is 17.5 Å². The number of hydrogen-bond donors (Lipinski definition) is 0. The summed E-state index contributed by atoms with van der Waals surface area (Å²) in [5.41, 5.74) is 2.53. The molecule has 2 rings (SSSR count). The Balaban J connectivity index is 2.40. The number of halogens is 1. The third-order valence-corrected chi connectivity index (χ3v) is 2.30. The molecule has 0 aliphatic rings. The van der Waals surface area contributed by atoms with Gasteiger partial charge in [-0.05, 0) is 24.1 Å². The Morgan fingerprint density at radius 2 is 1.94 bits per heavy atom. The van der Waals surface area contributed by atoms with Gasteiger partial charge in [-0.3, -0.25) is 0 Å². The number of aromatic nitrogens is 3. The fourth-order valence-electron chi connectivity index (χ4n) is 1.37. The molecule has 0 saturated carbocycles. The number of pyridine rings is 1. The van der Waals surface area contributed by atoms with Crippen LogP contribution < -0.4 is 0 Å². The summed E-state index contributed by atoms with van der Waals surface area (Å²) in [6.45, 7) is 4.13. The van der Waals surface area contributed by atoms with Gasteiger partial charge in [0.25, 0.3) is 0 Å². The lowest BCUT2D eigenvalue weighted by atomic mass is 10.1. The van der Waals surface area contributed by atoms with Crippen molar-refractivity contribution in [1.82, 2.24) is 15.0 Å². The van der Waals surface area contributed by atoms with Gasteiger partial charge in [-0.2, -0.15) is 4.39 Å². The van der Waals surface area contributed by atoms with Crippen LogP contribution >= 0.6 is 0 Å². The van der Waals surface area contributed by atoms with Gasteiger partial charge < -0.3 is 0 Å². The fourth-order valence-corrected chi connectivity index (χ4v) is 1.37. The standard InChI is InChI=1S/C12H12FN3/c1-8(2)10-5-11(16-7-15-10)9-3-4-12(13)14-6-9/h3-8H,1-2H3. The summed E-state index contributed by atoms with van der Waals surface area (Å²) < 4.78 is 12.7. The molecule has 0 aromatic carbocycles. The van der Waals surface area contributed by atoms with Crippen molar-refractivity contribution in [1.29, 1.82) is 0 Å². The largest absolute Gasteiger partial charge is 0.241 e. The summed E-state index contributed by atoms with van der Waals surface area (Å²) in [5.74, 6) is -0.142. The van der Waals surface area contributed by atoms with E-state index in [1.165, 1.54) is 18.6 Å². The smallest absolute Gasteiger partial charge is 0.212 e. The summed E-state index contributed by atoms with van der Waals surface area (Å²) in [4.78, 5) is 11.9. The van der Waals surface area contributed by atoms with Crippen LogP contribution in [0, 0.1) is 5.95 Å². The summed E-state index contributed by atoms with van der Waals surface area (Å²) in [6.07, 6.45) is 3.00. The molecule has 82 valence electrons. The van der Waals surface area contributed by atoms with E-state index in [0.29, 0.717) is 5.92 Å². The monoisotopic (exact) mass is 217 g/mol. The molecule has 2 heterocycles. The summed E-state index contributed by atoms with van der Waals surface area (Å²) in [7, 11) is 0. The third kappa shape index (κ3) is 2.21. The lowest BCUT2D eigenvalue weighted by molar-refractivity contribution is 0.584. The highest BCUT2D eigenvalue weighted by atomic mass is 19.1. The van der Waals surface area contributed by atoms with E-state index in [4.69, 9.17) is 0 Å². The van der Waals surface area contributed by atoms with Crippen LogP contribution in [0.3, 0.4) is 0 Å². The van der Waals surface area contributed by atoms with Crippen molar-refractivity contribution in [2.45, 2.75) is 19.8 Å². The molecule has 0 N–H and O–H groups in total. The molecule has 0 unspecified atom stereocenters. The van der Waals surface area contributed by atoms with Gasteiger partial charge >= 0.3 is 0 Å². The molecule has 2 aromatic heterocycles. The molecule has 0 saturated heterocycles.